The number of piperidine rings is 1. The largest absolute Gasteiger partial charge is 0.480 e. The summed E-state index contributed by atoms with van der Waals surface area (Å²) in [6, 6.07) is 6.81. The van der Waals surface area contributed by atoms with Crippen LogP contribution in [-0.4, -0.2) is 34.5 Å². The molecule has 0 radical (unpaired) electrons. The molecule has 1 aliphatic rings. The molecule has 21 heavy (non-hydrogen) atoms. The average molecular weight is 354 g/mol. The van der Waals surface area contributed by atoms with E-state index >= 15 is 0 Å². The number of hydrogen-bond acceptors (Lipinski definition) is 2. The molecule has 0 saturated carbocycles. The lowest BCUT2D eigenvalue weighted by Crippen LogP contribution is -2.56. The first-order valence-electron chi connectivity index (χ1n) is 7.08. The third-order valence-corrected chi connectivity index (χ3v) is 4.56. The second-order valence-electron chi connectivity index (χ2n) is 6.23. The number of likely N-dealkylation sites (tertiary alicyclic amines) is 1. The van der Waals surface area contributed by atoms with Crippen molar-refractivity contribution in [3.05, 3.63) is 34.3 Å². The molecule has 1 amide bonds. The molecule has 1 N–H and O–H groups in total. The molecule has 1 aromatic rings. The number of amides is 1. The zero-order valence-corrected chi connectivity index (χ0v) is 13.9. The summed E-state index contributed by atoms with van der Waals surface area (Å²) < 4.78 is 0.918. The standard InChI is InChI=1S/C16H20BrNO3/c1-16(2)7-4-8-18(14(16)15(20)21)13(19)10-11-5-3-6-12(17)9-11/h3,5-6,9,14H,4,7-8,10H2,1-2H3,(H,20,21). The number of benzene rings is 1. The van der Waals surface area contributed by atoms with Crippen LogP contribution in [0.25, 0.3) is 0 Å². The highest BCUT2D eigenvalue weighted by atomic mass is 79.9. The number of rotatable bonds is 3. The molecule has 2 rings (SSSR count). The highest BCUT2D eigenvalue weighted by Crippen LogP contribution is 2.35. The van der Waals surface area contributed by atoms with Crippen molar-refractivity contribution in [3.8, 4) is 0 Å². The van der Waals surface area contributed by atoms with Crippen molar-refractivity contribution >= 4 is 27.8 Å². The third-order valence-electron chi connectivity index (χ3n) is 4.07. The van der Waals surface area contributed by atoms with Gasteiger partial charge in [0, 0.05) is 11.0 Å². The fourth-order valence-electron chi connectivity index (χ4n) is 3.05. The van der Waals surface area contributed by atoms with Crippen LogP contribution in [0.15, 0.2) is 28.7 Å². The first kappa shape index (κ1) is 16.0. The lowest BCUT2D eigenvalue weighted by molar-refractivity contribution is -0.158. The summed E-state index contributed by atoms with van der Waals surface area (Å²) >= 11 is 3.38. The van der Waals surface area contributed by atoms with E-state index in [0.29, 0.717) is 6.54 Å². The summed E-state index contributed by atoms with van der Waals surface area (Å²) in [5.74, 6) is -1.03. The van der Waals surface area contributed by atoms with E-state index in [1.165, 1.54) is 4.90 Å². The van der Waals surface area contributed by atoms with Crippen LogP contribution in [0, 0.1) is 5.41 Å². The number of carbonyl (C=O) groups excluding carboxylic acids is 1. The quantitative estimate of drug-likeness (QED) is 0.908. The van der Waals surface area contributed by atoms with Gasteiger partial charge in [0.25, 0.3) is 0 Å². The van der Waals surface area contributed by atoms with Crippen LogP contribution in [0.4, 0.5) is 0 Å². The minimum atomic E-state index is -0.915. The van der Waals surface area contributed by atoms with Gasteiger partial charge in [0.1, 0.15) is 6.04 Å². The van der Waals surface area contributed by atoms with Gasteiger partial charge < -0.3 is 10.0 Å². The van der Waals surface area contributed by atoms with Gasteiger partial charge in [0.2, 0.25) is 5.91 Å². The molecule has 0 aliphatic carbocycles. The van der Waals surface area contributed by atoms with Crippen LogP contribution < -0.4 is 0 Å². The molecular weight excluding hydrogens is 334 g/mol. The smallest absolute Gasteiger partial charge is 0.326 e. The first-order chi connectivity index (χ1) is 9.81. The molecule has 1 unspecified atom stereocenters. The van der Waals surface area contributed by atoms with Crippen molar-refractivity contribution in [1.29, 1.82) is 0 Å². The van der Waals surface area contributed by atoms with Gasteiger partial charge in [-0.25, -0.2) is 4.79 Å². The predicted octanol–water partition coefficient (Wildman–Crippen LogP) is 3.09. The molecule has 1 saturated heterocycles. The molecule has 4 nitrogen and oxygen atoms in total. The molecule has 1 atom stereocenters. The summed E-state index contributed by atoms with van der Waals surface area (Å²) in [5.41, 5.74) is 0.499. The van der Waals surface area contributed by atoms with Gasteiger partial charge in [-0.1, -0.05) is 41.9 Å². The van der Waals surface area contributed by atoms with Gasteiger partial charge in [-0.05, 0) is 36.0 Å². The van der Waals surface area contributed by atoms with E-state index in [1.807, 2.05) is 38.1 Å². The zero-order chi connectivity index (χ0) is 15.6. The highest BCUT2D eigenvalue weighted by Gasteiger charge is 2.44. The van der Waals surface area contributed by atoms with Crippen molar-refractivity contribution < 1.29 is 14.7 Å². The normalized spacial score (nSPS) is 21.1. The van der Waals surface area contributed by atoms with Crippen molar-refractivity contribution in [2.75, 3.05) is 6.54 Å². The number of carboxylic acids is 1. The fraction of sp³-hybridized carbons (Fsp3) is 0.500. The Morgan fingerprint density at radius 1 is 1.43 bits per heavy atom. The average Bonchev–Trinajstić information content (AvgIpc) is 2.36. The summed E-state index contributed by atoms with van der Waals surface area (Å²) in [5, 5.41) is 9.50. The van der Waals surface area contributed by atoms with Crippen LogP contribution in [0.1, 0.15) is 32.3 Å². The zero-order valence-electron chi connectivity index (χ0n) is 12.3. The van der Waals surface area contributed by atoms with E-state index in [4.69, 9.17) is 0 Å². The molecule has 0 bridgehead atoms. The van der Waals surface area contributed by atoms with Crippen molar-refractivity contribution in [3.63, 3.8) is 0 Å². The number of hydrogen-bond donors (Lipinski definition) is 1. The van der Waals surface area contributed by atoms with Crippen molar-refractivity contribution in [2.24, 2.45) is 5.41 Å². The lowest BCUT2D eigenvalue weighted by atomic mass is 9.76. The topological polar surface area (TPSA) is 57.6 Å². The minimum absolute atomic E-state index is 0.117. The monoisotopic (exact) mass is 353 g/mol. The molecule has 1 fully saturated rings. The van der Waals surface area contributed by atoms with E-state index in [9.17, 15) is 14.7 Å². The van der Waals surface area contributed by atoms with E-state index < -0.39 is 17.4 Å². The van der Waals surface area contributed by atoms with Gasteiger partial charge in [0.05, 0.1) is 6.42 Å². The van der Waals surface area contributed by atoms with Crippen LogP contribution >= 0.6 is 15.9 Å². The second kappa shape index (κ2) is 6.18. The summed E-state index contributed by atoms with van der Waals surface area (Å²) in [6.07, 6.45) is 1.91. The number of carboxylic acid groups (broad SMARTS) is 1. The lowest BCUT2D eigenvalue weighted by Gasteiger charge is -2.44. The van der Waals surface area contributed by atoms with Gasteiger partial charge in [-0.15, -0.1) is 0 Å². The Bertz CT molecular complexity index is 556. The Labute approximate surface area is 133 Å². The predicted molar refractivity (Wildman–Crippen MR) is 84.0 cm³/mol. The molecular formula is C16H20BrNO3. The van der Waals surface area contributed by atoms with Crippen LogP contribution in [0.5, 0.6) is 0 Å². The fourth-order valence-corrected chi connectivity index (χ4v) is 3.50. The highest BCUT2D eigenvalue weighted by molar-refractivity contribution is 9.10. The Morgan fingerprint density at radius 3 is 2.76 bits per heavy atom. The molecule has 1 aliphatic heterocycles. The van der Waals surface area contributed by atoms with Gasteiger partial charge >= 0.3 is 5.97 Å². The van der Waals surface area contributed by atoms with Gasteiger partial charge in [-0.2, -0.15) is 0 Å². The Hall–Kier alpha value is -1.36. The van der Waals surface area contributed by atoms with Crippen LogP contribution in [0.3, 0.4) is 0 Å². The van der Waals surface area contributed by atoms with Crippen molar-refractivity contribution in [2.45, 2.75) is 39.2 Å². The van der Waals surface area contributed by atoms with Gasteiger partial charge in [-0.3, -0.25) is 4.79 Å². The molecule has 0 spiro atoms. The Balaban J connectivity index is 2.18. The van der Waals surface area contributed by atoms with Gasteiger partial charge in [0.15, 0.2) is 0 Å². The third kappa shape index (κ3) is 3.64. The van der Waals surface area contributed by atoms with E-state index in [-0.39, 0.29) is 12.3 Å². The van der Waals surface area contributed by atoms with E-state index in [0.717, 1.165) is 22.9 Å². The number of halogens is 1. The Morgan fingerprint density at radius 2 is 2.14 bits per heavy atom. The maximum atomic E-state index is 12.5. The number of aliphatic carboxylic acids is 1. The summed E-state index contributed by atoms with van der Waals surface area (Å²) in [6.45, 7) is 4.36. The summed E-state index contributed by atoms with van der Waals surface area (Å²) in [7, 11) is 0. The van der Waals surface area contributed by atoms with E-state index in [2.05, 4.69) is 15.9 Å². The maximum Gasteiger partial charge on any atom is 0.326 e. The van der Waals surface area contributed by atoms with Crippen molar-refractivity contribution in [1.82, 2.24) is 4.90 Å². The van der Waals surface area contributed by atoms with E-state index in [1.54, 1.807) is 0 Å². The molecule has 1 aromatic carbocycles. The minimum Gasteiger partial charge on any atom is -0.480 e. The first-order valence-corrected chi connectivity index (χ1v) is 7.87. The Kier molecular flexibility index (Phi) is 4.71. The molecule has 5 heteroatoms. The number of carbonyl (C=O) groups is 2. The molecule has 114 valence electrons. The van der Waals surface area contributed by atoms with Crippen LogP contribution in [0.2, 0.25) is 0 Å². The molecule has 0 aromatic heterocycles. The van der Waals surface area contributed by atoms with Crippen LogP contribution in [-0.2, 0) is 16.0 Å². The summed E-state index contributed by atoms with van der Waals surface area (Å²) in [4.78, 5) is 25.7. The number of nitrogens with zero attached hydrogens (tertiary/aromatic N) is 1. The second-order valence-corrected chi connectivity index (χ2v) is 7.14. The molecule has 1 heterocycles. The SMILES string of the molecule is CC1(C)CCCN(C(=O)Cc2cccc(Br)c2)C1C(=O)O. The maximum absolute atomic E-state index is 12.5.